The van der Waals surface area contributed by atoms with Crippen LogP contribution < -0.4 is 4.74 Å². The molecule has 0 radical (unpaired) electrons. The molecule has 2 aromatic heterocycles. The maximum Gasteiger partial charge on any atom is 0.211 e. The van der Waals surface area contributed by atoms with Crippen LogP contribution in [0.4, 0.5) is 0 Å². The second kappa shape index (κ2) is 7.55. The lowest BCUT2D eigenvalue weighted by Crippen LogP contribution is -1.94. The van der Waals surface area contributed by atoms with Crippen LogP contribution in [-0.2, 0) is 6.61 Å². The van der Waals surface area contributed by atoms with Crippen molar-refractivity contribution >= 4 is 29.6 Å². The molecular formula is C16H15ClN4O2S. The monoisotopic (exact) mass is 362 g/mol. The van der Waals surface area contributed by atoms with Crippen molar-refractivity contribution in [2.24, 2.45) is 5.10 Å². The van der Waals surface area contributed by atoms with E-state index in [1.54, 1.807) is 10.9 Å². The predicted molar refractivity (Wildman–Crippen MR) is 94.0 cm³/mol. The fourth-order valence-electron chi connectivity index (χ4n) is 1.95. The molecule has 6 nitrogen and oxygen atoms in total. The van der Waals surface area contributed by atoms with Crippen LogP contribution in [0.1, 0.15) is 17.1 Å². The molecular weight excluding hydrogens is 348 g/mol. The first kappa shape index (κ1) is 16.6. The summed E-state index contributed by atoms with van der Waals surface area (Å²) in [6.45, 7) is 2.27. The first-order valence-electron chi connectivity index (χ1n) is 7.12. The SMILES string of the molecule is CSc1nncn1/N=C\c1ccc(COc2ccc(Cl)c(C)c2)o1. The molecule has 0 aliphatic carbocycles. The average Bonchev–Trinajstić information content (AvgIpc) is 3.22. The number of ether oxygens (including phenoxy) is 1. The van der Waals surface area contributed by atoms with Crippen molar-refractivity contribution in [3.8, 4) is 5.75 Å². The molecule has 8 heteroatoms. The molecule has 124 valence electrons. The van der Waals surface area contributed by atoms with Crippen molar-refractivity contribution in [2.45, 2.75) is 18.7 Å². The van der Waals surface area contributed by atoms with E-state index in [0.717, 1.165) is 16.3 Å². The maximum absolute atomic E-state index is 6.00. The van der Waals surface area contributed by atoms with Gasteiger partial charge in [-0.2, -0.15) is 9.78 Å². The summed E-state index contributed by atoms with van der Waals surface area (Å²) < 4.78 is 13.0. The van der Waals surface area contributed by atoms with Crippen LogP contribution >= 0.6 is 23.4 Å². The average molecular weight is 363 g/mol. The van der Waals surface area contributed by atoms with E-state index in [1.807, 2.05) is 43.5 Å². The summed E-state index contributed by atoms with van der Waals surface area (Å²) in [5.74, 6) is 2.08. The van der Waals surface area contributed by atoms with Gasteiger partial charge in [-0.05, 0) is 49.1 Å². The highest BCUT2D eigenvalue weighted by molar-refractivity contribution is 7.98. The van der Waals surface area contributed by atoms with Crippen LogP contribution in [0.3, 0.4) is 0 Å². The van der Waals surface area contributed by atoms with Gasteiger partial charge in [-0.15, -0.1) is 10.2 Å². The normalized spacial score (nSPS) is 11.3. The third-order valence-electron chi connectivity index (χ3n) is 3.19. The van der Waals surface area contributed by atoms with Gasteiger partial charge in [0.2, 0.25) is 5.16 Å². The third kappa shape index (κ3) is 3.98. The summed E-state index contributed by atoms with van der Waals surface area (Å²) in [6, 6.07) is 9.22. The van der Waals surface area contributed by atoms with Gasteiger partial charge < -0.3 is 9.15 Å². The Morgan fingerprint density at radius 2 is 2.25 bits per heavy atom. The quantitative estimate of drug-likeness (QED) is 0.489. The number of aromatic nitrogens is 3. The van der Waals surface area contributed by atoms with Gasteiger partial charge in [-0.3, -0.25) is 0 Å². The zero-order valence-corrected chi connectivity index (χ0v) is 14.7. The number of nitrogens with zero attached hydrogens (tertiary/aromatic N) is 4. The number of thioether (sulfide) groups is 1. The molecule has 0 aliphatic heterocycles. The summed E-state index contributed by atoms with van der Waals surface area (Å²) in [6.07, 6.45) is 5.06. The lowest BCUT2D eigenvalue weighted by molar-refractivity contribution is 0.269. The first-order chi connectivity index (χ1) is 11.7. The lowest BCUT2D eigenvalue weighted by atomic mass is 10.2. The number of furan rings is 1. The van der Waals surface area contributed by atoms with Gasteiger partial charge in [0.05, 0.1) is 6.21 Å². The number of benzene rings is 1. The van der Waals surface area contributed by atoms with Crippen molar-refractivity contribution in [1.82, 2.24) is 14.9 Å². The number of rotatable bonds is 6. The van der Waals surface area contributed by atoms with Gasteiger partial charge in [0.15, 0.2) is 0 Å². The highest BCUT2D eigenvalue weighted by Crippen LogP contribution is 2.22. The molecule has 0 bridgehead atoms. The van der Waals surface area contributed by atoms with Gasteiger partial charge in [-0.1, -0.05) is 23.4 Å². The van der Waals surface area contributed by atoms with Crippen LogP contribution in [0.15, 0.2) is 51.3 Å². The largest absolute Gasteiger partial charge is 0.486 e. The standard InChI is InChI=1S/C16H15ClN4O2S/c1-11-7-12(5-6-15(11)17)22-9-14-4-3-13(23-14)8-19-21-10-18-20-16(21)24-2/h3-8,10H,9H2,1-2H3/b19-8-. The van der Waals surface area contributed by atoms with Gasteiger partial charge >= 0.3 is 0 Å². The van der Waals surface area contributed by atoms with E-state index in [1.165, 1.54) is 18.1 Å². The Morgan fingerprint density at radius 1 is 1.38 bits per heavy atom. The molecule has 2 heterocycles. The molecule has 0 saturated carbocycles. The molecule has 24 heavy (non-hydrogen) atoms. The number of halogens is 1. The predicted octanol–water partition coefficient (Wildman–Crippen LogP) is 4.02. The molecule has 0 amide bonds. The highest BCUT2D eigenvalue weighted by atomic mass is 35.5. The molecule has 3 aromatic rings. The number of aryl methyl sites for hydroxylation is 1. The molecule has 0 aliphatic rings. The van der Waals surface area contributed by atoms with E-state index >= 15 is 0 Å². The van der Waals surface area contributed by atoms with E-state index in [2.05, 4.69) is 15.3 Å². The van der Waals surface area contributed by atoms with E-state index in [0.29, 0.717) is 23.3 Å². The number of hydrogen-bond donors (Lipinski definition) is 0. The Kier molecular flexibility index (Phi) is 5.22. The summed E-state index contributed by atoms with van der Waals surface area (Å²) in [5, 5.41) is 13.4. The van der Waals surface area contributed by atoms with E-state index in [9.17, 15) is 0 Å². The second-order valence-electron chi connectivity index (χ2n) is 4.91. The Labute approximate surface area is 148 Å². The highest BCUT2D eigenvalue weighted by Gasteiger charge is 2.04. The van der Waals surface area contributed by atoms with E-state index in [-0.39, 0.29) is 0 Å². The van der Waals surface area contributed by atoms with Gasteiger partial charge in [0.25, 0.3) is 0 Å². The maximum atomic E-state index is 6.00. The molecule has 0 saturated heterocycles. The zero-order valence-electron chi connectivity index (χ0n) is 13.1. The minimum Gasteiger partial charge on any atom is -0.486 e. The minimum absolute atomic E-state index is 0.331. The first-order valence-corrected chi connectivity index (χ1v) is 8.72. The van der Waals surface area contributed by atoms with Crippen molar-refractivity contribution in [2.75, 3.05) is 6.26 Å². The van der Waals surface area contributed by atoms with Gasteiger partial charge in [0.1, 0.15) is 30.2 Å². The summed E-state index contributed by atoms with van der Waals surface area (Å²) in [7, 11) is 0. The fraction of sp³-hybridized carbons (Fsp3) is 0.188. The lowest BCUT2D eigenvalue weighted by Gasteiger charge is -2.05. The van der Waals surface area contributed by atoms with E-state index < -0.39 is 0 Å². The topological polar surface area (TPSA) is 65.4 Å². The smallest absolute Gasteiger partial charge is 0.211 e. The Bertz CT molecular complexity index is 859. The third-order valence-corrected chi connectivity index (χ3v) is 4.24. The second-order valence-corrected chi connectivity index (χ2v) is 6.09. The fourth-order valence-corrected chi connectivity index (χ4v) is 2.48. The molecule has 0 fully saturated rings. The Morgan fingerprint density at radius 3 is 3.04 bits per heavy atom. The summed E-state index contributed by atoms with van der Waals surface area (Å²) >= 11 is 7.46. The summed E-state index contributed by atoms with van der Waals surface area (Å²) in [5.41, 5.74) is 0.972. The van der Waals surface area contributed by atoms with Crippen LogP contribution in [0.2, 0.25) is 5.02 Å². The summed E-state index contributed by atoms with van der Waals surface area (Å²) in [4.78, 5) is 0. The van der Waals surface area contributed by atoms with Crippen molar-refractivity contribution < 1.29 is 9.15 Å². The van der Waals surface area contributed by atoms with Gasteiger partial charge in [-0.25, -0.2) is 0 Å². The van der Waals surface area contributed by atoms with Crippen molar-refractivity contribution in [1.29, 1.82) is 0 Å². The molecule has 0 N–H and O–H groups in total. The number of hydrogen-bond acceptors (Lipinski definition) is 6. The molecule has 0 atom stereocenters. The molecule has 1 aromatic carbocycles. The van der Waals surface area contributed by atoms with Gasteiger partial charge in [0, 0.05) is 5.02 Å². The van der Waals surface area contributed by atoms with Crippen molar-refractivity contribution in [3.05, 3.63) is 58.8 Å². The minimum atomic E-state index is 0.331. The van der Waals surface area contributed by atoms with Crippen LogP contribution in [0, 0.1) is 6.92 Å². The van der Waals surface area contributed by atoms with Crippen LogP contribution in [0.25, 0.3) is 0 Å². The van der Waals surface area contributed by atoms with E-state index in [4.69, 9.17) is 20.8 Å². The van der Waals surface area contributed by atoms with Crippen LogP contribution in [-0.4, -0.2) is 27.3 Å². The van der Waals surface area contributed by atoms with Crippen molar-refractivity contribution in [3.63, 3.8) is 0 Å². The Balaban J connectivity index is 1.62. The zero-order chi connectivity index (χ0) is 16.9. The molecule has 0 unspecified atom stereocenters. The molecule has 0 spiro atoms. The Hall–Kier alpha value is -2.25. The molecule has 3 rings (SSSR count). The van der Waals surface area contributed by atoms with Crippen LogP contribution in [0.5, 0.6) is 5.75 Å².